The molecule has 3 nitrogen and oxygen atoms in total. The van der Waals surface area contributed by atoms with Crippen LogP contribution in [0.5, 0.6) is 5.75 Å². The summed E-state index contributed by atoms with van der Waals surface area (Å²) < 4.78 is 45.3. The van der Waals surface area contributed by atoms with Gasteiger partial charge in [0.1, 0.15) is 5.75 Å². The van der Waals surface area contributed by atoms with Crippen LogP contribution in [0.2, 0.25) is 0 Å². The quantitative estimate of drug-likeness (QED) is 0.922. The second-order valence-corrected chi connectivity index (χ2v) is 4.86. The van der Waals surface area contributed by atoms with E-state index in [0.717, 1.165) is 12.0 Å². The summed E-state index contributed by atoms with van der Waals surface area (Å²) in [6.07, 6.45) is -3.40. The zero-order valence-corrected chi connectivity index (χ0v) is 10.5. The molecule has 6 heteroatoms. The molecule has 2 unspecified atom stereocenters. The van der Waals surface area contributed by atoms with Crippen molar-refractivity contribution in [1.29, 1.82) is 0 Å². The lowest BCUT2D eigenvalue weighted by Gasteiger charge is -2.27. The number of alkyl halides is 3. The smallest absolute Gasteiger partial charge is 0.406 e. The third-order valence-electron chi connectivity index (χ3n) is 3.44. The van der Waals surface area contributed by atoms with Crippen molar-refractivity contribution in [2.75, 3.05) is 6.61 Å². The lowest BCUT2D eigenvalue weighted by molar-refractivity contribution is -0.274. The first-order valence-corrected chi connectivity index (χ1v) is 6.04. The van der Waals surface area contributed by atoms with Crippen LogP contribution in [0, 0.1) is 0 Å². The number of ether oxygens (including phenoxy) is 2. The molecule has 1 aliphatic heterocycles. The Balaban J connectivity index is 2.03. The van der Waals surface area contributed by atoms with Gasteiger partial charge in [-0.1, -0.05) is 12.1 Å². The van der Waals surface area contributed by atoms with Gasteiger partial charge in [0.2, 0.25) is 0 Å². The van der Waals surface area contributed by atoms with E-state index in [-0.39, 0.29) is 11.9 Å². The molecule has 0 aliphatic carbocycles. The van der Waals surface area contributed by atoms with Gasteiger partial charge in [-0.05, 0) is 37.5 Å². The molecule has 0 amide bonds. The van der Waals surface area contributed by atoms with Crippen LogP contribution < -0.4 is 10.5 Å². The van der Waals surface area contributed by atoms with E-state index >= 15 is 0 Å². The summed E-state index contributed by atoms with van der Waals surface area (Å²) in [5, 5.41) is 0. The molecule has 0 bridgehead atoms. The number of nitrogens with two attached hydrogens (primary N) is 1. The van der Waals surface area contributed by atoms with Crippen molar-refractivity contribution >= 4 is 0 Å². The summed E-state index contributed by atoms with van der Waals surface area (Å²) in [6.45, 7) is 2.53. The molecule has 1 heterocycles. The fourth-order valence-corrected chi connectivity index (χ4v) is 2.22. The molecule has 106 valence electrons. The molecule has 0 aromatic heterocycles. The highest BCUT2D eigenvalue weighted by atomic mass is 19.4. The van der Waals surface area contributed by atoms with Gasteiger partial charge in [-0.25, -0.2) is 0 Å². The molecule has 1 aromatic rings. The van der Waals surface area contributed by atoms with Gasteiger partial charge >= 0.3 is 6.36 Å². The number of hydrogen-bond acceptors (Lipinski definition) is 3. The summed E-state index contributed by atoms with van der Waals surface area (Å²) in [7, 11) is 0. The van der Waals surface area contributed by atoms with Gasteiger partial charge in [-0.3, -0.25) is 0 Å². The maximum Gasteiger partial charge on any atom is 0.573 e. The first-order valence-electron chi connectivity index (χ1n) is 6.04. The van der Waals surface area contributed by atoms with E-state index in [2.05, 4.69) is 4.74 Å². The normalized spacial score (nSPS) is 27.5. The second-order valence-electron chi connectivity index (χ2n) is 4.86. The van der Waals surface area contributed by atoms with Gasteiger partial charge in [-0.2, -0.15) is 0 Å². The monoisotopic (exact) mass is 275 g/mol. The minimum atomic E-state index is -4.66. The second kappa shape index (κ2) is 5.02. The lowest BCUT2D eigenvalue weighted by atomic mass is 9.86. The SMILES string of the molecule is CC1OCCC1(N)Cc1ccc(OC(F)(F)F)cc1. The van der Waals surface area contributed by atoms with Crippen molar-refractivity contribution in [2.24, 2.45) is 5.73 Å². The van der Waals surface area contributed by atoms with E-state index in [1.54, 1.807) is 12.1 Å². The molecule has 2 rings (SSSR count). The predicted molar refractivity (Wildman–Crippen MR) is 63.8 cm³/mol. The predicted octanol–water partition coefficient (Wildman–Crippen LogP) is 2.63. The van der Waals surface area contributed by atoms with Crippen molar-refractivity contribution < 1.29 is 22.6 Å². The van der Waals surface area contributed by atoms with Crippen LogP contribution in [0.15, 0.2) is 24.3 Å². The lowest BCUT2D eigenvalue weighted by Crippen LogP contribution is -2.47. The van der Waals surface area contributed by atoms with Gasteiger partial charge in [0.05, 0.1) is 6.10 Å². The van der Waals surface area contributed by atoms with E-state index in [0.29, 0.717) is 13.0 Å². The summed E-state index contributed by atoms with van der Waals surface area (Å²) in [5.41, 5.74) is 6.66. The van der Waals surface area contributed by atoms with Gasteiger partial charge in [0.15, 0.2) is 0 Å². The fraction of sp³-hybridized carbons (Fsp3) is 0.538. The van der Waals surface area contributed by atoms with Gasteiger partial charge in [-0.15, -0.1) is 13.2 Å². The van der Waals surface area contributed by atoms with Crippen LogP contribution in [0.4, 0.5) is 13.2 Å². The van der Waals surface area contributed by atoms with Crippen LogP contribution in [0.25, 0.3) is 0 Å². The number of benzene rings is 1. The topological polar surface area (TPSA) is 44.5 Å². The Kier molecular flexibility index (Phi) is 3.73. The summed E-state index contributed by atoms with van der Waals surface area (Å²) in [5.74, 6) is -0.224. The third-order valence-corrected chi connectivity index (χ3v) is 3.44. The number of rotatable bonds is 3. The zero-order chi connectivity index (χ0) is 14.1. The first kappa shape index (κ1) is 14.1. The Labute approximate surface area is 109 Å². The van der Waals surface area contributed by atoms with E-state index in [4.69, 9.17) is 10.5 Å². The van der Waals surface area contributed by atoms with Gasteiger partial charge in [0, 0.05) is 12.1 Å². The molecular formula is C13H16F3NO2. The van der Waals surface area contributed by atoms with Crippen LogP contribution in [-0.4, -0.2) is 24.6 Å². The minimum Gasteiger partial charge on any atom is -0.406 e. The van der Waals surface area contributed by atoms with E-state index in [9.17, 15) is 13.2 Å². The minimum absolute atomic E-state index is 0.0569. The molecule has 0 radical (unpaired) electrons. The van der Waals surface area contributed by atoms with Crippen LogP contribution in [-0.2, 0) is 11.2 Å². The molecule has 2 atom stereocenters. The Hall–Kier alpha value is -1.27. The number of hydrogen-bond donors (Lipinski definition) is 1. The van der Waals surface area contributed by atoms with Gasteiger partial charge < -0.3 is 15.2 Å². The first-order chi connectivity index (χ1) is 8.78. The Morgan fingerprint density at radius 2 is 2.00 bits per heavy atom. The highest BCUT2D eigenvalue weighted by Gasteiger charge is 2.37. The molecule has 1 aliphatic rings. The maximum absolute atomic E-state index is 12.0. The summed E-state index contributed by atoms with van der Waals surface area (Å²) >= 11 is 0. The highest BCUT2D eigenvalue weighted by Crippen LogP contribution is 2.28. The van der Waals surface area contributed by atoms with Crippen LogP contribution in [0.3, 0.4) is 0 Å². The maximum atomic E-state index is 12.0. The number of halogens is 3. The van der Waals surface area contributed by atoms with Crippen molar-refractivity contribution in [3.05, 3.63) is 29.8 Å². The van der Waals surface area contributed by atoms with E-state index < -0.39 is 11.9 Å². The molecule has 19 heavy (non-hydrogen) atoms. The average molecular weight is 275 g/mol. The Bertz CT molecular complexity index is 433. The van der Waals surface area contributed by atoms with Crippen molar-refractivity contribution in [2.45, 2.75) is 37.8 Å². The Morgan fingerprint density at radius 1 is 1.37 bits per heavy atom. The van der Waals surface area contributed by atoms with Crippen molar-refractivity contribution in [3.63, 3.8) is 0 Å². The largest absolute Gasteiger partial charge is 0.573 e. The summed E-state index contributed by atoms with van der Waals surface area (Å²) in [6, 6.07) is 5.79. The molecular weight excluding hydrogens is 259 g/mol. The zero-order valence-electron chi connectivity index (χ0n) is 10.5. The highest BCUT2D eigenvalue weighted by molar-refractivity contribution is 5.29. The molecule has 1 saturated heterocycles. The third kappa shape index (κ3) is 3.61. The molecule has 1 fully saturated rings. The van der Waals surface area contributed by atoms with Gasteiger partial charge in [0.25, 0.3) is 0 Å². The standard InChI is InChI=1S/C13H16F3NO2/c1-9-12(17,6-7-18-9)8-10-2-4-11(5-3-10)19-13(14,15)16/h2-5,9H,6-8,17H2,1H3. The van der Waals surface area contributed by atoms with Crippen LogP contribution >= 0.6 is 0 Å². The van der Waals surface area contributed by atoms with Crippen molar-refractivity contribution in [3.8, 4) is 5.75 Å². The molecule has 0 spiro atoms. The fourth-order valence-electron chi connectivity index (χ4n) is 2.22. The molecule has 0 saturated carbocycles. The van der Waals surface area contributed by atoms with E-state index in [1.807, 2.05) is 6.92 Å². The summed E-state index contributed by atoms with van der Waals surface area (Å²) in [4.78, 5) is 0. The van der Waals surface area contributed by atoms with E-state index in [1.165, 1.54) is 12.1 Å². The van der Waals surface area contributed by atoms with Crippen molar-refractivity contribution in [1.82, 2.24) is 0 Å². The van der Waals surface area contributed by atoms with Crippen LogP contribution in [0.1, 0.15) is 18.9 Å². The average Bonchev–Trinajstić information content (AvgIpc) is 2.60. The Morgan fingerprint density at radius 3 is 2.47 bits per heavy atom. The molecule has 1 aromatic carbocycles. The molecule has 2 N–H and O–H groups in total.